The Balaban J connectivity index is 3.05. The minimum absolute atomic E-state index is 0.201. The van der Waals surface area contributed by atoms with Crippen molar-refractivity contribution in [2.24, 2.45) is 5.84 Å². The Hall–Kier alpha value is -0.630. The van der Waals surface area contributed by atoms with Crippen LogP contribution in [0.5, 0.6) is 0 Å². The zero-order valence-electron chi connectivity index (χ0n) is 9.72. The number of benzene rings is 1. The highest BCUT2D eigenvalue weighted by molar-refractivity contribution is 9.10. The summed E-state index contributed by atoms with van der Waals surface area (Å²) < 4.78 is 43.6. The summed E-state index contributed by atoms with van der Waals surface area (Å²) in [6.45, 7) is 2.47. The zero-order valence-corrected chi connectivity index (χ0v) is 11.3. The third-order valence-electron chi connectivity index (χ3n) is 2.39. The molecule has 0 spiro atoms. The Labute approximate surface area is 112 Å². The summed E-state index contributed by atoms with van der Waals surface area (Å²) in [5.74, 6) is 5.34. The third kappa shape index (κ3) is 3.94. The summed E-state index contributed by atoms with van der Waals surface area (Å²) in [6.07, 6.45) is -4.37. The van der Waals surface area contributed by atoms with Crippen molar-refractivity contribution in [3.8, 4) is 0 Å². The molecule has 1 atom stereocenters. The molecule has 0 aliphatic rings. The van der Waals surface area contributed by atoms with Crippen molar-refractivity contribution in [1.29, 1.82) is 0 Å². The second-order valence-corrected chi connectivity index (χ2v) is 4.47. The lowest BCUT2D eigenvalue weighted by Crippen LogP contribution is -2.32. The first kappa shape index (κ1) is 15.4. The third-order valence-corrected chi connectivity index (χ3v) is 3.11. The number of hydrazine groups is 1. The molecule has 1 aromatic carbocycles. The smallest absolute Gasteiger partial charge is 0.380 e. The van der Waals surface area contributed by atoms with Gasteiger partial charge in [0.1, 0.15) is 0 Å². The minimum Gasteiger partial charge on any atom is -0.380 e. The molecular weight excluding hydrogens is 313 g/mol. The van der Waals surface area contributed by atoms with Crippen LogP contribution in [0.4, 0.5) is 13.2 Å². The van der Waals surface area contributed by atoms with Gasteiger partial charge in [-0.1, -0.05) is 15.9 Å². The monoisotopic (exact) mass is 326 g/mol. The Morgan fingerprint density at radius 3 is 2.61 bits per heavy atom. The molecule has 18 heavy (non-hydrogen) atoms. The second kappa shape index (κ2) is 6.51. The van der Waals surface area contributed by atoms with E-state index in [1.807, 2.05) is 0 Å². The maximum absolute atomic E-state index is 12.6. The number of nitrogens with two attached hydrogens (primary N) is 1. The van der Waals surface area contributed by atoms with Gasteiger partial charge in [-0.3, -0.25) is 11.3 Å². The van der Waals surface area contributed by atoms with Gasteiger partial charge in [0.05, 0.1) is 18.2 Å². The number of alkyl halides is 3. The van der Waals surface area contributed by atoms with Gasteiger partial charge in [-0.05, 0) is 30.7 Å². The highest BCUT2D eigenvalue weighted by Crippen LogP contribution is 2.33. The number of hydrogen-bond acceptors (Lipinski definition) is 3. The van der Waals surface area contributed by atoms with Crippen LogP contribution >= 0.6 is 15.9 Å². The van der Waals surface area contributed by atoms with Crippen molar-refractivity contribution < 1.29 is 17.9 Å². The summed E-state index contributed by atoms with van der Waals surface area (Å²) in [4.78, 5) is 0. The zero-order chi connectivity index (χ0) is 13.8. The number of rotatable bonds is 5. The van der Waals surface area contributed by atoms with E-state index in [1.54, 1.807) is 6.92 Å². The molecule has 1 aromatic rings. The van der Waals surface area contributed by atoms with Crippen LogP contribution in [-0.2, 0) is 10.9 Å². The van der Waals surface area contributed by atoms with E-state index < -0.39 is 17.8 Å². The molecule has 0 aliphatic carbocycles. The maximum atomic E-state index is 12.6. The average Bonchev–Trinajstić information content (AvgIpc) is 2.30. The van der Waals surface area contributed by atoms with Gasteiger partial charge in [-0.2, -0.15) is 13.2 Å². The molecule has 102 valence electrons. The summed E-state index contributed by atoms with van der Waals surface area (Å²) in [7, 11) is 0. The van der Waals surface area contributed by atoms with Gasteiger partial charge in [-0.15, -0.1) is 0 Å². The molecule has 0 amide bonds. The fourth-order valence-corrected chi connectivity index (χ4v) is 1.97. The van der Waals surface area contributed by atoms with E-state index in [4.69, 9.17) is 10.6 Å². The van der Waals surface area contributed by atoms with Crippen molar-refractivity contribution in [3.63, 3.8) is 0 Å². The van der Waals surface area contributed by atoms with Gasteiger partial charge in [0.25, 0.3) is 0 Å². The topological polar surface area (TPSA) is 47.3 Å². The fraction of sp³-hybridized carbons (Fsp3) is 0.455. The Bertz CT molecular complexity index is 398. The van der Waals surface area contributed by atoms with Gasteiger partial charge in [0.2, 0.25) is 0 Å². The van der Waals surface area contributed by atoms with Crippen LogP contribution < -0.4 is 11.3 Å². The fourth-order valence-electron chi connectivity index (χ4n) is 1.45. The van der Waals surface area contributed by atoms with Crippen LogP contribution in [0.25, 0.3) is 0 Å². The molecule has 3 nitrogen and oxygen atoms in total. The number of halogens is 4. The van der Waals surface area contributed by atoms with Crippen LogP contribution in [0, 0.1) is 0 Å². The average molecular weight is 327 g/mol. The van der Waals surface area contributed by atoms with E-state index in [0.29, 0.717) is 16.6 Å². The standard InChI is InChI=1S/C11H14BrF3N2O/c1-2-18-6-10(17-16)8-5-7(11(13,14)15)3-4-9(8)12/h3-5,10,17H,2,6,16H2,1H3. The van der Waals surface area contributed by atoms with Crippen molar-refractivity contribution in [1.82, 2.24) is 5.43 Å². The van der Waals surface area contributed by atoms with Gasteiger partial charge in [0, 0.05) is 11.1 Å². The normalized spacial score (nSPS) is 13.7. The van der Waals surface area contributed by atoms with E-state index in [9.17, 15) is 13.2 Å². The molecule has 7 heteroatoms. The molecule has 0 fully saturated rings. The highest BCUT2D eigenvalue weighted by Gasteiger charge is 2.31. The SMILES string of the molecule is CCOCC(NN)c1cc(C(F)(F)F)ccc1Br. The Morgan fingerprint density at radius 1 is 1.44 bits per heavy atom. The highest BCUT2D eigenvalue weighted by atomic mass is 79.9. The van der Waals surface area contributed by atoms with Crippen molar-refractivity contribution in [2.75, 3.05) is 13.2 Å². The second-order valence-electron chi connectivity index (χ2n) is 3.61. The predicted octanol–water partition coefficient (Wildman–Crippen LogP) is 3.01. The van der Waals surface area contributed by atoms with Crippen LogP contribution in [0.3, 0.4) is 0 Å². The van der Waals surface area contributed by atoms with E-state index in [1.165, 1.54) is 6.07 Å². The molecule has 0 heterocycles. The molecule has 3 N–H and O–H groups in total. The molecule has 1 rings (SSSR count). The van der Waals surface area contributed by atoms with Crippen molar-refractivity contribution in [2.45, 2.75) is 19.1 Å². The maximum Gasteiger partial charge on any atom is 0.416 e. The largest absolute Gasteiger partial charge is 0.416 e. The van der Waals surface area contributed by atoms with Crippen molar-refractivity contribution in [3.05, 3.63) is 33.8 Å². The molecule has 0 radical (unpaired) electrons. The van der Waals surface area contributed by atoms with Gasteiger partial charge in [-0.25, -0.2) is 0 Å². The predicted molar refractivity (Wildman–Crippen MR) is 65.7 cm³/mol. The molecule has 0 saturated heterocycles. The van der Waals surface area contributed by atoms with E-state index in [-0.39, 0.29) is 6.61 Å². The van der Waals surface area contributed by atoms with Crippen LogP contribution in [0.2, 0.25) is 0 Å². The molecule has 0 aliphatic heterocycles. The summed E-state index contributed by atoms with van der Waals surface area (Å²) in [5, 5.41) is 0. The number of ether oxygens (including phenoxy) is 1. The molecule has 0 saturated carbocycles. The lowest BCUT2D eigenvalue weighted by atomic mass is 10.0. The lowest BCUT2D eigenvalue weighted by Gasteiger charge is -2.19. The van der Waals surface area contributed by atoms with Crippen LogP contribution in [-0.4, -0.2) is 13.2 Å². The quantitative estimate of drug-likeness (QED) is 0.646. The summed E-state index contributed by atoms with van der Waals surface area (Å²) in [6, 6.07) is 2.94. The van der Waals surface area contributed by atoms with Gasteiger partial charge >= 0.3 is 6.18 Å². The Kier molecular flexibility index (Phi) is 5.58. The number of nitrogens with one attached hydrogen (secondary N) is 1. The lowest BCUT2D eigenvalue weighted by molar-refractivity contribution is -0.137. The van der Waals surface area contributed by atoms with E-state index in [2.05, 4.69) is 21.4 Å². The van der Waals surface area contributed by atoms with Gasteiger partial charge in [0.15, 0.2) is 0 Å². The molecule has 0 bridgehead atoms. The van der Waals surface area contributed by atoms with E-state index in [0.717, 1.165) is 12.1 Å². The van der Waals surface area contributed by atoms with E-state index >= 15 is 0 Å². The first-order valence-electron chi connectivity index (χ1n) is 5.30. The summed E-state index contributed by atoms with van der Waals surface area (Å²) >= 11 is 3.21. The molecule has 0 aromatic heterocycles. The first-order chi connectivity index (χ1) is 8.40. The molecule has 1 unspecified atom stereocenters. The first-order valence-corrected chi connectivity index (χ1v) is 6.10. The summed E-state index contributed by atoms with van der Waals surface area (Å²) in [5.41, 5.74) is 2.16. The molecular formula is C11H14BrF3N2O. The number of hydrogen-bond donors (Lipinski definition) is 2. The van der Waals surface area contributed by atoms with Gasteiger partial charge < -0.3 is 4.74 Å². The van der Waals surface area contributed by atoms with Crippen molar-refractivity contribution >= 4 is 15.9 Å². The Morgan fingerprint density at radius 2 is 2.11 bits per heavy atom. The van der Waals surface area contributed by atoms with Crippen LogP contribution in [0.1, 0.15) is 24.1 Å². The minimum atomic E-state index is -4.37. The van der Waals surface area contributed by atoms with Crippen LogP contribution in [0.15, 0.2) is 22.7 Å².